The highest BCUT2D eigenvalue weighted by molar-refractivity contribution is 5.17. The summed E-state index contributed by atoms with van der Waals surface area (Å²) in [5, 5.41) is 0. The highest BCUT2D eigenvalue weighted by atomic mass is 14.0. The molecule has 127 valence electrons. The lowest BCUT2D eigenvalue weighted by Crippen LogP contribution is -1.82. The highest BCUT2D eigenvalue weighted by Gasteiger charge is 1.93. The van der Waals surface area contributed by atoms with Crippen LogP contribution in [0, 0.1) is 6.08 Å². The van der Waals surface area contributed by atoms with E-state index >= 15 is 0 Å². The fraction of sp³-hybridized carbons (Fsp3) is 0.565. The maximum Gasteiger partial charge on any atom is -0.0276 e. The molecule has 0 aromatic carbocycles. The molecule has 1 radical (unpaired) electrons. The summed E-state index contributed by atoms with van der Waals surface area (Å²) in [6.07, 6.45) is 40.0. The van der Waals surface area contributed by atoms with Crippen molar-refractivity contribution < 1.29 is 0 Å². The van der Waals surface area contributed by atoms with Gasteiger partial charge in [-0.3, -0.25) is 0 Å². The van der Waals surface area contributed by atoms with E-state index in [1.54, 1.807) is 0 Å². The zero-order valence-corrected chi connectivity index (χ0v) is 14.9. The number of hydrogen-bond donors (Lipinski definition) is 0. The highest BCUT2D eigenvalue weighted by Crippen LogP contribution is 2.12. The van der Waals surface area contributed by atoms with E-state index in [0.717, 1.165) is 6.42 Å². The zero-order valence-electron chi connectivity index (χ0n) is 14.9. The van der Waals surface area contributed by atoms with Gasteiger partial charge in [-0.2, -0.15) is 0 Å². The van der Waals surface area contributed by atoms with E-state index in [2.05, 4.69) is 54.7 Å². The third kappa shape index (κ3) is 15.4. The van der Waals surface area contributed by atoms with Crippen LogP contribution >= 0.6 is 0 Å². The Morgan fingerprint density at radius 2 is 0.913 bits per heavy atom. The lowest BCUT2D eigenvalue weighted by atomic mass is 10.0. The molecule has 0 aromatic rings. The zero-order chi connectivity index (χ0) is 16.3. The molecule has 0 saturated heterocycles. The van der Waals surface area contributed by atoms with Gasteiger partial charge < -0.3 is 0 Å². The lowest BCUT2D eigenvalue weighted by Gasteiger charge is -2.02. The normalized spacial score (nSPS) is 27.5. The molecular formula is C23H35. The maximum atomic E-state index is 3.36. The molecular weight excluding hydrogens is 276 g/mol. The fourth-order valence-electron chi connectivity index (χ4n) is 2.78. The van der Waals surface area contributed by atoms with Crippen LogP contribution in [0.4, 0.5) is 0 Å². The Hall–Kier alpha value is -1.30. The van der Waals surface area contributed by atoms with Crippen LogP contribution in [0.2, 0.25) is 0 Å². The van der Waals surface area contributed by atoms with Gasteiger partial charge >= 0.3 is 0 Å². The van der Waals surface area contributed by atoms with E-state index in [1.165, 1.54) is 77.0 Å². The summed E-state index contributed by atoms with van der Waals surface area (Å²) >= 11 is 0. The van der Waals surface area contributed by atoms with Crippen LogP contribution in [0.5, 0.6) is 0 Å². The van der Waals surface area contributed by atoms with Crippen LogP contribution in [-0.4, -0.2) is 0 Å². The van der Waals surface area contributed by atoms with Crippen molar-refractivity contribution in [2.24, 2.45) is 0 Å². The molecule has 0 aromatic heterocycles. The van der Waals surface area contributed by atoms with Crippen molar-refractivity contribution >= 4 is 0 Å². The molecule has 0 heteroatoms. The average molecular weight is 312 g/mol. The van der Waals surface area contributed by atoms with Crippen molar-refractivity contribution in [3.8, 4) is 0 Å². The quantitative estimate of drug-likeness (QED) is 0.431. The summed E-state index contributed by atoms with van der Waals surface area (Å²) in [5.74, 6) is 0. The summed E-state index contributed by atoms with van der Waals surface area (Å²) < 4.78 is 0. The van der Waals surface area contributed by atoms with E-state index in [1.807, 2.05) is 6.08 Å². The van der Waals surface area contributed by atoms with Crippen LogP contribution in [0.1, 0.15) is 83.5 Å². The molecule has 0 heterocycles. The minimum atomic E-state index is 1.10. The summed E-state index contributed by atoms with van der Waals surface area (Å²) in [4.78, 5) is 0. The largest absolute Gasteiger partial charge is 0.0845 e. The predicted molar refractivity (Wildman–Crippen MR) is 104 cm³/mol. The Balaban J connectivity index is 2.27. The SMILES string of the molecule is [C]1=C/C=C\C=C/C=C\C=C/CCCCCCCCCCCCC\1. The van der Waals surface area contributed by atoms with Gasteiger partial charge in [-0.25, -0.2) is 0 Å². The Morgan fingerprint density at radius 3 is 1.57 bits per heavy atom. The van der Waals surface area contributed by atoms with Crippen molar-refractivity contribution in [2.45, 2.75) is 83.5 Å². The van der Waals surface area contributed by atoms with Gasteiger partial charge in [-0.1, -0.05) is 112 Å². The lowest BCUT2D eigenvalue weighted by molar-refractivity contribution is 0.547. The molecule has 0 unspecified atom stereocenters. The third-order valence-corrected chi connectivity index (χ3v) is 4.21. The van der Waals surface area contributed by atoms with Crippen LogP contribution in [0.25, 0.3) is 0 Å². The van der Waals surface area contributed by atoms with Crippen LogP contribution in [0.15, 0.2) is 54.7 Å². The van der Waals surface area contributed by atoms with Gasteiger partial charge in [0.1, 0.15) is 0 Å². The van der Waals surface area contributed by atoms with E-state index < -0.39 is 0 Å². The molecule has 1 rings (SSSR count). The van der Waals surface area contributed by atoms with E-state index in [-0.39, 0.29) is 0 Å². The van der Waals surface area contributed by atoms with Crippen LogP contribution in [-0.2, 0) is 0 Å². The molecule has 0 aliphatic heterocycles. The van der Waals surface area contributed by atoms with Gasteiger partial charge in [0.15, 0.2) is 0 Å². The van der Waals surface area contributed by atoms with Gasteiger partial charge in [0.2, 0.25) is 0 Å². The summed E-state index contributed by atoms with van der Waals surface area (Å²) in [6, 6.07) is 0. The summed E-state index contributed by atoms with van der Waals surface area (Å²) in [5.41, 5.74) is 0. The monoisotopic (exact) mass is 311 g/mol. The van der Waals surface area contributed by atoms with Gasteiger partial charge in [-0.05, 0) is 31.8 Å². The minimum Gasteiger partial charge on any atom is -0.0845 e. The molecule has 0 spiro atoms. The van der Waals surface area contributed by atoms with Gasteiger partial charge in [0.05, 0.1) is 0 Å². The maximum absolute atomic E-state index is 3.36. The molecule has 0 fully saturated rings. The van der Waals surface area contributed by atoms with Gasteiger partial charge in [-0.15, -0.1) is 0 Å². The van der Waals surface area contributed by atoms with Crippen molar-refractivity contribution in [3.05, 3.63) is 60.8 Å². The standard InChI is InChI=1S/C23H35/c1-2-4-6-8-10-12-14-16-18-20-22-23-21-19-17-15-13-11-9-7-5-3-1/h1-9H,10,12-23H2/b3-1-,4-2-,7-5-,8-6-,11-9?. The second-order valence-electron chi connectivity index (χ2n) is 6.38. The topological polar surface area (TPSA) is 0 Å². The fourth-order valence-corrected chi connectivity index (χ4v) is 2.78. The molecule has 23 heavy (non-hydrogen) atoms. The first-order valence-electron chi connectivity index (χ1n) is 9.72. The van der Waals surface area contributed by atoms with Crippen LogP contribution in [0.3, 0.4) is 0 Å². The van der Waals surface area contributed by atoms with Crippen molar-refractivity contribution in [3.63, 3.8) is 0 Å². The average Bonchev–Trinajstić information content (AvgIpc) is 2.56. The first kappa shape index (κ1) is 19.7. The second kappa shape index (κ2) is 17.1. The predicted octanol–water partition coefficient (Wildman–Crippen LogP) is 7.66. The molecule has 0 atom stereocenters. The van der Waals surface area contributed by atoms with Crippen molar-refractivity contribution in [1.82, 2.24) is 0 Å². The van der Waals surface area contributed by atoms with Gasteiger partial charge in [0, 0.05) is 0 Å². The number of allylic oxidation sites excluding steroid dienone is 10. The number of rotatable bonds is 0. The van der Waals surface area contributed by atoms with E-state index in [4.69, 9.17) is 0 Å². The number of hydrogen-bond acceptors (Lipinski definition) is 0. The van der Waals surface area contributed by atoms with E-state index in [9.17, 15) is 0 Å². The second-order valence-corrected chi connectivity index (χ2v) is 6.38. The first-order valence-corrected chi connectivity index (χ1v) is 9.72. The Morgan fingerprint density at radius 1 is 0.435 bits per heavy atom. The van der Waals surface area contributed by atoms with Crippen LogP contribution < -0.4 is 0 Å². The minimum absolute atomic E-state index is 1.10. The van der Waals surface area contributed by atoms with Crippen molar-refractivity contribution in [1.29, 1.82) is 0 Å². The van der Waals surface area contributed by atoms with E-state index in [0.29, 0.717) is 0 Å². The summed E-state index contributed by atoms with van der Waals surface area (Å²) in [6.45, 7) is 0. The Labute approximate surface area is 144 Å². The molecule has 0 nitrogen and oxygen atoms in total. The first-order chi connectivity index (χ1) is 11.5. The Bertz CT molecular complexity index is 343. The van der Waals surface area contributed by atoms with Gasteiger partial charge in [0.25, 0.3) is 0 Å². The molecule has 1 aliphatic rings. The Kier molecular flexibility index (Phi) is 14.6. The van der Waals surface area contributed by atoms with Crippen molar-refractivity contribution in [2.75, 3.05) is 0 Å². The molecule has 0 amide bonds. The summed E-state index contributed by atoms with van der Waals surface area (Å²) in [7, 11) is 0. The third-order valence-electron chi connectivity index (χ3n) is 4.21. The molecule has 0 bridgehead atoms. The molecule has 0 N–H and O–H groups in total. The smallest absolute Gasteiger partial charge is 0.0276 e. The molecule has 0 saturated carbocycles. The molecule has 1 aliphatic carbocycles.